The zero-order valence-electron chi connectivity index (χ0n) is 11.9. The molecule has 2 N–H and O–H groups in total. The van der Waals surface area contributed by atoms with E-state index in [4.69, 9.17) is 9.47 Å². The summed E-state index contributed by atoms with van der Waals surface area (Å²) < 4.78 is 9.87. The van der Waals surface area contributed by atoms with E-state index in [0.717, 1.165) is 0 Å². The van der Waals surface area contributed by atoms with Crippen molar-refractivity contribution < 1.29 is 19.4 Å². The highest BCUT2D eigenvalue weighted by Crippen LogP contribution is 2.24. The molecule has 0 aliphatic heterocycles. The van der Waals surface area contributed by atoms with Gasteiger partial charge in [-0.2, -0.15) is 0 Å². The molecule has 2 aromatic carbocycles. The zero-order chi connectivity index (χ0) is 15.2. The number of phenols is 1. The standard InChI is InChI=1S/C16H17NO4/c1-20-12-7-8-15(18)11(9-12)10-17-14-6-4-3-5-13(14)16(19)21-2/h3-9,17-18H,10H2,1-2H3. The Kier molecular flexibility index (Phi) is 4.66. The third-order valence-corrected chi connectivity index (χ3v) is 3.09. The molecule has 0 bridgehead atoms. The first kappa shape index (κ1) is 14.7. The molecule has 0 spiro atoms. The molecule has 5 nitrogen and oxygen atoms in total. The van der Waals surface area contributed by atoms with Crippen molar-refractivity contribution in [3.63, 3.8) is 0 Å². The predicted molar refractivity (Wildman–Crippen MR) is 79.8 cm³/mol. The molecular weight excluding hydrogens is 270 g/mol. The summed E-state index contributed by atoms with van der Waals surface area (Å²) in [6.07, 6.45) is 0. The van der Waals surface area contributed by atoms with E-state index in [0.29, 0.717) is 29.1 Å². The summed E-state index contributed by atoms with van der Waals surface area (Å²) in [5, 5.41) is 13.0. The van der Waals surface area contributed by atoms with Crippen molar-refractivity contribution in [1.82, 2.24) is 0 Å². The van der Waals surface area contributed by atoms with Gasteiger partial charge in [-0.25, -0.2) is 4.79 Å². The van der Waals surface area contributed by atoms with E-state index in [9.17, 15) is 9.90 Å². The van der Waals surface area contributed by atoms with Crippen LogP contribution in [0.25, 0.3) is 0 Å². The number of hydrogen-bond donors (Lipinski definition) is 2. The van der Waals surface area contributed by atoms with Gasteiger partial charge in [-0.1, -0.05) is 12.1 Å². The van der Waals surface area contributed by atoms with E-state index < -0.39 is 5.97 Å². The average molecular weight is 287 g/mol. The van der Waals surface area contributed by atoms with Gasteiger partial charge in [0.25, 0.3) is 0 Å². The maximum Gasteiger partial charge on any atom is 0.339 e. The first-order valence-corrected chi connectivity index (χ1v) is 6.42. The summed E-state index contributed by atoms with van der Waals surface area (Å²) in [7, 11) is 2.91. The Morgan fingerprint density at radius 3 is 2.67 bits per heavy atom. The lowest BCUT2D eigenvalue weighted by molar-refractivity contribution is 0.0602. The summed E-state index contributed by atoms with van der Waals surface area (Å²) in [5.74, 6) is 0.415. The molecule has 0 saturated heterocycles. The molecule has 0 saturated carbocycles. The monoisotopic (exact) mass is 287 g/mol. The number of methoxy groups -OCH3 is 2. The van der Waals surface area contributed by atoms with Crippen molar-refractivity contribution in [3.05, 3.63) is 53.6 Å². The molecule has 0 atom stereocenters. The van der Waals surface area contributed by atoms with Crippen LogP contribution in [0, 0.1) is 0 Å². The van der Waals surface area contributed by atoms with Gasteiger partial charge in [0.2, 0.25) is 0 Å². The number of phenolic OH excluding ortho intramolecular Hbond substituents is 1. The van der Waals surface area contributed by atoms with Gasteiger partial charge < -0.3 is 19.9 Å². The molecule has 0 fully saturated rings. The van der Waals surface area contributed by atoms with Gasteiger partial charge in [0, 0.05) is 17.8 Å². The molecule has 0 aliphatic rings. The average Bonchev–Trinajstić information content (AvgIpc) is 2.53. The Bertz CT molecular complexity index is 640. The van der Waals surface area contributed by atoms with Crippen LogP contribution in [0.5, 0.6) is 11.5 Å². The van der Waals surface area contributed by atoms with Crippen LogP contribution in [0.4, 0.5) is 5.69 Å². The molecule has 21 heavy (non-hydrogen) atoms. The van der Waals surface area contributed by atoms with Crippen LogP contribution in [0.1, 0.15) is 15.9 Å². The number of ether oxygens (including phenoxy) is 2. The second kappa shape index (κ2) is 6.65. The number of rotatable bonds is 5. The van der Waals surface area contributed by atoms with Gasteiger partial charge in [0.15, 0.2) is 0 Å². The topological polar surface area (TPSA) is 67.8 Å². The Labute approximate surface area is 123 Å². The van der Waals surface area contributed by atoms with E-state index >= 15 is 0 Å². The molecule has 2 rings (SSSR count). The summed E-state index contributed by atoms with van der Waals surface area (Å²) in [4.78, 5) is 11.7. The molecular formula is C16H17NO4. The third kappa shape index (κ3) is 3.45. The van der Waals surface area contributed by atoms with Crippen molar-refractivity contribution in [2.45, 2.75) is 6.54 Å². The summed E-state index contributed by atoms with van der Waals surface area (Å²) in [5.41, 5.74) is 1.77. The minimum Gasteiger partial charge on any atom is -0.508 e. The smallest absolute Gasteiger partial charge is 0.339 e. The first-order valence-electron chi connectivity index (χ1n) is 6.42. The predicted octanol–water partition coefficient (Wildman–Crippen LogP) is 2.80. The maximum absolute atomic E-state index is 11.7. The first-order chi connectivity index (χ1) is 10.2. The number of para-hydroxylation sites is 1. The Morgan fingerprint density at radius 2 is 1.95 bits per heavy atom. The highest BCUT2D eigenvalue weighted by Gasteiger charge is 2.11. The second-order valence-electron chi connectivity index (χ2n) is 4.39. The van der Waals surface area contributed by atoms with Crippen molar-refractivity contribution >= 4 is 11.7 Å². The van der Waals surface area contributed by atoms with Crippen LogP contribution in [-0.4, -0.2) is 25.3 Å². The highest BCUT2D eigenvalue weighted by molar-refractivity contribution is 5.95. The number of hydrogen-bond acceptors (Lipinski definition) is 5. The number of benzene rings is 2. The zero-order valence-corrected chi connectivity index (χ0v) is 11.9. The fourth-order valence-electron chi connectivity index (χ4n) is 1.95. The second-order valence-corrected chi connectivity index (χ2v) is 4.39. The SMILES string of the molecule is COC(=O)c1ccccc1NCc1cc(OC)ccc1O. The van der Waals surface area contributed by atoms with E-state index in [-0.39, 0.29) is 5.75 Å². The van der Waals surface area contributed by atoms with Gasteiger partial charge in [0.1, 0.15) is 11.5 Å². The number of aromatic hydroxyl groups is 1. The fourth-order valence-corrected chi connectivity index (χ4v) is 1.95. The van der Waals surface area contributed by atoms with E-state index in [1.165, 1.54) is 7.11 Å². The molecule has 0 heterocycles. The number of carbonyl (C=O) groups is 1. The molecule has 0 radical (unpaired) electrons. The van der Waals surface area contributed by atoms with E-state index in [1.54, 1.807) is 43.5 Å². The van der Waals surface area contributed by atoms with Crippen LogP contribution < -0.4 is 10.1 Å². The molecule has 0 unspecified atom stereocenters. The summed E-state index contributed by atoms with van der Waals surface area (Å²) in [6, 6.07) is 12.0. The van der Waals surface area contributed by atoms with Gasteiger partial charge in [0.05, 0.1) is 19.8 Å². The van der Waals surface area contributed by atoms with Gasteiger partial charge in [-0.05, 0) is 30.3 Å². The van der Waals surface area contributed by atoms with E-state index in [2.05, 4.69) is 5.32 Å². The quantitative estimate of drug-likeness (QED) is 0.828. The molecule has 2 aromatic rings. The maximum atomic E-state index is 11.7. The number of anilines is 1. The minimum atomic E-state index is -0.409. The van der Waals surface area contributed by atoms with Gasteiger partial charge in [-0.15, -0.1) is 0 Å². The number of esters is 1. The fraction of sp³-hybridized carbons (Fsp3) is 0.188. The summed E-state index contributed by atoms with van der Waals surface area (Å²) in [6.45, 7) is 0.358. The van der Waals surface area contributed by atoms with Crippen LogP contribution in [-0.2, 0) is 11.3 Å². The van der Waals surface area contributed by atoms with Crippen LogP contribution in [0.15, 0.2) is 42.5 Å². The molecule has 0 amide bonds. The lowest BCUT2D eigenvalue weighted by Crippen LogP contribution is -2.08. The van der Waals surface area contributed by atoms with Crippen molar-refractivity contribution in [2.24, 2.45) is 0 Å². The minimum absolute atomic E-state index is 0.166. The number of carbonyl (C=O) groups excluding carboxylic acids is 1. The third-order valence-electron chi connectivity index (χ3n) is 3.09. The lowest BCUT2D eigenvalue weighted by atomic mass is 10.1. The Morgan fingerprint density at radius 1 is 1.19 bits per heavy atom. The Hall–Kier alpha value is -2.69. The highest BCUT2D eigenvalue weighted by atomic mass is 16.5. The normalized spacial score (nSPS) is 10.0. The van der Waals surface area contributed by atoms with Crippen molar-refractivity contribution in [3.8, 4) is 11.5 Å². The van der Waals surface area contributed by atoms with Crippen LogP contribution in [0.3, 0.4) is 0 Å². The molecule has 0 aliphatic carbocycles. The molecule has 5 heteroatoms. The van der Waals surface area contributed by atoms with Crippen molar-refractivity contribution in [2.75, 3.05) is 19.5 Å². The number of nitrogens with one attached hydrogen (secondary N) is 1. The lowest BCUT2D eigenvalue weighted by Gasteiger charge is -2.12. The Balaban J connectivity index is 2.19. The largest absolute Gasteiger partial charge is 0.508 e. The van der Waals surface area contributed by atoms with Gasteiger partial charge >= 0.3 is 5.97 Å². The van der Waals surface area contributed by atoms with Gasteiger partial charge in [-0.3, -0.25) is 0 Å². The summed E-state index contributed by atoms with van der Waals surface area (Å²) >= 11 is 0. The molecule has 110 valence electrons. The van der Waals surface area contributed by atoms with Crippen LogP contribution >= 0.6 is 0 Å². The van der Waals surface area contributed by atoms with E-state index in [1.807, 2.05) is 6.07 Å². The molecule has 0 aromatic heterocycles. The van der Waals surface area contributed by atoms with Crippen LogP contribution in [0.2, 0.25) is 0 Å². The van der Waals surface area contributed by atoms with Crippen molar-refractivity contribution in [1.29, 1.82) is 0 Å².